The Bertz CT molecular complexity index is 595. The van der Waals surface area contributed by atoms with Crippen LogP contribution in [0.25, 0.3) is 0 Å². The van der Waals surface area contributed by atoms with Crippen molar-refractivity contribution in [1.82, 2.24) is 9.97 Å². The molecule has 0 atom stereocenters. The van der Waals surface area contributed by atoms with Crippen molar-refractivity contribution in [3.05, 3.63) is 47.4 Å². The fraction of sp³-hybridized carbons (Fsp3) is 0.154. The molecule has 0 spiro atoms. The average Bonchev–Trinajstić information content (AvgIpc) is 2.34. The highest BCUT2D eigenvalue weighted by Crippen LogP contribution is 2.13. The number of hydrogen-bond donors (Lipinski definition) is 2. The third kappa shape index (κ3) is 2.63. The second-order valence-corrected chi connectivity index (χ2v) is 4.04. The first-order valence-corrected chi connectivity index (χ1v) is 5.53. The van der Waals surface area contributed by atoms with Gasteiger partial charge in [0.2, 0.25) is 0 Å². The molecule has 0 aliphatic carbocycles. The van der Waals surface area contributed by atoms with Crippen molar-refractivity contribution >= 4 is 17.4 Å². The molecular formula is C13H14N4O. The van der Waals surface area contributed by atoms with Crippen LogP contribution in [0.4, 0.5) is 11.5 Å². The number of nitrogen functional groups attached to an aromatic ring is 1. The molecule has 5 nitrogen and oxygen atoms in total. The van der Waals surface area contributed by atoms with E-state index in [9.17, 15) is 4.79 Å². The Kier molecular flexibility index (Phi) is 3.23. The highest BCUT2D eigenvalue weighted by molar-refractivity contribution is 6.02. The highest BCUT2D eigenvalue weighted by atomic mass is 16.1. The number of nitrogens with one attached hydrogen (secondary N) is 1. The van der Waals surface area contributed by atoms with Gasteiger partial charge in [0.25, 0.3) is 5.91 Å². The van der Waals surface area contributed by atoms with E-state index >= 15 is 0 Å². The van der Waals surface area contributed by atoms with E-state index in [1.807, 2.05) is 19.9 Å². The second kappa shape index (κ2) is 4.83. The first-order valence-electron chi connectivity index (χ1n) is 5.53. The summed E-state index contributed by atoms with van der Waals surface area (Å²) in [5.74, 6) is 0.186. The molecule has 92 valence electrons. The van der Waals surface area contributed by atoms with Crippen molar-refractivity contribution < 1.29 is 4.79 Å². The Hall–Kier alpha value is -2.43. The maximum Gasteiger partial charge on any atom is 0.275 e. The number of carbonyl (C=O) groups is 1. The van der Waals surface area contributed by atoms with E-state index in [-0.39, 0.29) is 5.91 Å². The van der Waals surface area contributed by atoms with Crippen molar-refractivity contribution in [1.29, 1.82) is 0 Å². The molecule has 5 heteroatoms. The van der Waals surface area contributed by atoms with Crippen LogP contribution in [-0.4, -0.2) is 15.9 Å². The molecule has 0 unspecified atom stereocenters. The van der Waals surface area contributed by atoms with Crippen LogP contribution in [-0.2, 0) is 0 Å². The Morgan fingerprint density at radius 3 is 2.78 bits per heavy atom. The van der Waals surface area contributed by atoms with E-state index in [1.54, 1.807) is 18.2 Å². The van der Waals surface area contributed by atoms with Gasteiger partial charge in [-0.1, -0.05) is 6.07 Å². The van der Waals surface area contributed by atoms with E-state index in [0.29, 0.717) is 17.2 Å². The summed E-state index contributed by atoms with van der Waals surface area (Å²) < 4.78 is 0. The zero-order valence-electron chi connectivity index (χ0n) is 10.3. The zero-order chi connectivity index (χ0) is 13.1. The number of nitrogens with two attached hydrogens (primary N) is 1. The quantitative estimate of drug-likeness (QED) is 0.843. The summed E-state index contributed by atoms with van der Waals surface area (Å²) >= 11 is 0. The van der Waals surface area contributed by atoms with Crippen molar-refractivity contribution in [2.45, 2.75) is 13.8 Å². The third-order valence-electron chi connectivity index (χ3n) is 2.51. The van der Waals surface area contributed by atoms with Gasteiger partial charge in [-0.25, -0.2) is 9.97 Å². The van der Waals surface area contributed by atoms with E-state index in [4.69, 9.17) is 5.73 Å². The SMILES string of the molecule is Cc1cccc(C(=O)Nc2cc(C)c(N)cn2)n1. The molecule has 2 aromatic heterocycles. The van der Waals surface area contributed by atoms with Crippen molar-refractivity contribution in [3.8, 4) is 0 Å². The fourth-order valence-corrected chi connectivity index (χ4v) is 1.48. The molecule has 1 amide bonds. The maximum absolute atomic E-state index is 11.9. The van der Waals surface area contributed by atoms with Gasteiger partial charge in [-0.2, -0.15) is 0 Å². The number of pyridine rings is 2. The average molecular weight is 242 g/mol. The van der Waals surface area contributed by atoms with Crippen molar-refractivity contribution in [2.24, 2.45) is 0 Å². The number of hydrogen-bond acceptors (Lipinski definition) is 4. The lowest BCUT2D eigenvalue weighted by Gasteiger charge is -2.06. The van der Waals surface area contributed by atoms with Gasteiger partial charge in [-0.05, 0) is 37.6 Å². The van der Waals surface area contributed by atoms with Crippen LogP contribution in [0.5, 0.6) is 0 Å². The number of amides is 1. The largest absolute Gasteiger partial charge is 0.397 e. The molecule has 0 aliphatic rings. The van der Waals surface area contributed by atoms with Crippen LogP contribution < -0.4 is 11.1 Å². The highest BCUT2D eigenvalue weighted by Gasteiger charge is 2.08. The minimum atomic E-state index is -0.282. The molecule has 0 saturated heterocycles. The summed E-state index contributed by atoms with van der Waals surface area (Å²) in [6.45, 7) is 3.69. The minimum Gasteiger partial charge on any atom is -0.397 e. The van der Waals surface area contributed by atoms with Crippen LogP contribution in [0.1, 0.15) is 21.7 Å². The van der Waals surface area contributed by atoms with E-state index in [2.05, 4.69) is 15.3 Å². The van der Waals surface area contributed by atoms with Crippen LogP contribution in [0, 0.1) is 13.8 Å². The minimum absolute atomic E-state index is 0.282. The van der Waals surface area contributed by atoms with Crippen molar-refractivity contribution in [2.75, 3.05) is 11.1 Å². The van der Waals surface area contributed by atoms with Crippen molar-refractivity contribution in [3.63, 3.8) is 0 Å². The van der Waals surface area contributed by atoms with E-state index < -0.39 is 0 Å². The topological polar surface area (TPSA) is 80.9 Å². The summed E-state index contributed by atoms with van der Waals surface area (Å²) in [6.07, 6.45) is 1.52. The fourth-order valence-electron chi connectivity index (χ4n) is 1.48. The number of carbonyl (C=O) groups excluding carboxylic acids is 1. The van der Waals surface area contributed by atoms with Gasteiger partial charge in [0.15, 0.2) is 0 Å². The Labute approximate surface area is 105 Å². The monoisotopic (exact) mass is 242 g/mol. The Morgan fingerprint density at radius 1 is 1.33 bits per heavy atom. The summed E-state index contributed by atoms with van der Waals surface area (Å²) in [4.78, 5) is 20.1. The van der Waals surface area contributed by atoms with Crippen LogP contribution >= 0.6 is 0 Å². The molecule has 2 heterocycles. The summed E-state index contributed by atoms with van der Waals surface area (Å²) in [7, 11) is 0. The van der Waals surface area contributed by atoms with Gasteiger partial charge in [0.1, 0.15) is 11.5 Å². The van der Waals surface area contributed by atoms with Crippen LogP contribution in [0.15, 0.2) is 30.5 Å². The molecule has 0 aliphatic heterocycles. The predicted molar refractivity (Wildman–Crippen MR) is 70.3 cm³/mol. The molecule has 2 rings (SSSR count). The molecule has 18 heavy (non-hydrogen) atoms. The number of nitrogens with zero attached hydrogens (tertiary/aromatic N) is 2. The summed E-state index contributed by atoms with van der Waals surface area (Å²) in [5, 5.41) is 2.69. The molecule has 2 aromatic rings. The molecule has 0 saturated carbocycles. The molecule has 0 bridgehead atoms. The van der Waals surface area contributed by atoms with Crippen LogP contribution in [0.2, 0.25) is 0 Å². The Balaban J connectivity index is 2.18. The molecular weight excluding hydrogens is 228 g/mol. The predicted octanol–water partition coefficient (Wildman–Crippen LogP) is 1.93. The van der Waals surface area contributed by atoms with E-state index in [1.165, 1.54) is 6.20 Å². The van der Waals surface area contributed by atoms with Gasteiger partial charge in [-0.15, -0.1) is 0 Å². The lowest BCUT2D eigenvalue weighted by atomic mass is 10.2. The normalized spacial score (nSPS) is 10.1. The summed E-state index contributed by atoms with van der Waals surface area (Å²) in [5.41, 5.74) is 8.30. The maximum atomic E-state index is 11.9. The van der Waals surface area contributed by atoms with Gasteiger partial charge in [0.05, 0.1) is 11.9 Å². The Morgan fingerprint density at radius 2 is 2.11 bits per heavy atom. The lowest BCUT2D eigenvalue weighted by molar-refractivity contribution is 0.102. The standard InChI is InChI=1S/C13H14N4O/c1-8-6-12(15-7-10(8)14)17-13(18)11-5-3-4-9(2)16-11/h3-7H,14H2,1-2H3,(H,15,17,18). The number of anilines is 2. The number of rotatable bonds is 2. The first kappa shape index (κ1) is 12.0. The summed E-state index contributed by atoms with van der Waals surface area (Å²) in [6, 6.07) is 7.01. The van der Waals surface area contributed by atoms with Gasteiger partial charge >= 0.3 is 0 Å². The number of aromatic nitrogens is 2. The van der Waals surface area contributed by atoms with E-state index in [0.717, 1.165) is 11.3 Å². The van der Waals surface area contributed by atoms with Crippen LogP contribution in [0.3, 0.4) is 0 Å². The molecule has 3 N–H and O–H groups in total. The third-order valence-corrected chi connectivity index (χ3v) is 2.51. The first-order chi connectivity index (χ1) is 8.56. The second-order valence-electron chi connectivity index (χ2n) is 4.04. The lowest BCUT2D eigenvalue weighted by Crippen LogP contribution is -2.15. The van der Waals surface area contributed by atoms with Gasteiger partial charge in [-0.3, -0.25) is 4.79 Å². The molecule has 0 fully saturated rings. The molecule has 0 radical (unpaired) electrons. The number of aryl methyl sites for hydroxylation is 2. The van der Waals surface area contributed by atoms with Gasteiger partial charge in [0, 0.05) is 5.69 Å². The van der Waals surface area contributed by atoms with Gasteiger partial charge < -0.3 is 11.1 Å². The smallest absolute Gasteiger partial charge is 0.275 e. The molecule has 0 aromatic carbocycles. The zero-order valence-corrected chi connectivity index (χ0v) is 10.3.